The van der Waals surface area contributed by atoms with Crippen molar-refractivity contribution in [2.75, 3.05) is 45.8 Å². The highest BCUT2D eigenvalue weighted by molar-refractivity contribution is 5.77. The van der Waals surface area contributed by atoms with Gasteiger partial charge < -0.3 is 25.3 Å². The number of ether oxygens (including phenoxy) is 3. The van der Waals surface area contributed by atoms with E-state index in [1.807, 2.05) is 0 Å². The van der Waals surface area contributed by atoms with Crippen molar-refractivity contribution < 1.29 is 19.0 Å². The maximum absolute atomic E-state index is 11.5. The highest BCUT2D eigenvalue weighted by atomic mass is 16.5. The zero-order chi connectivity index (χ0) is 14.6. The van der Waals surface area contributed by atoms with Gasteiger partial charge in [-0.25, -0.2) is 0 Å². The molecular formula is C14H22N2O4. The third-order valence-electron chi connectivity index (χ3n) is 2.45. The average molecular weight is 282 g/mol. The van der Waals surface area contributed by atoms with E-state index >= 15 is 0 Å². The van der Waals surface area contributed by atoms with Crippen molar-refractivity contribution >= 4 is 11.6 Å². The number of amides is 1. The Morgan fingerprint density at radius 2 is 2.15 bits per heavy atom. The predicted octanol–water partition coefficient (Wildman–Crippen LogP) is 0.817. The second kappa shape index (κ2) is 10.1. The van der Waals surface area contributed by atoms with E-state index in [-0.39, 0.29) is 12.5 Å². The molecule has 0 saturated heterocycles. The molecule has 3 N–H and O–H groups in total. The first-order valence-corrected chi connectivity index (χ1v) is 6.54. The SMILES string of the molecule is COCCOCCCNC(=O)COc1cccc(N)c1. The van der Waals surface area contributed by atoms with Crippen LogP contribution in [0.3, 0.4) is 0 Å². The van der Waals surface area contributed by atoms with Gasteiger partial charge in [0.2, 0.25) is 0 Å². The molecule has 1 amide bonds. The molecule has 6 nitrogen and oxygen atoms in total. The summed E-state index contributed by atoms with van der Waals surface area (Å²) in [5, 5.41) is 2.75. The Bertz CT molecular complexity index is 399. The molecule has 0 aliphatic rings. The third kappa shape index (κ3) is 7.60. The Morgan fingerprint density at radius 1 is 1.30 bits per heavy atom. The molecular weight excluding hydrogens is 260 g/mol. The molecule has 6 heteroatoms. The van der Waals surface area contributed by atoms with Gasteiger partial charge in [-0.1, -0.05) is 6.07 Å². The fourth-order valence-electron chi connectivity index (χ4n) is 1.45. The lowest BCUT2D eigenvalue weighted by molar-refractivity contribution is -0.123. The lowest BCUT2D eigenvalue weighted by Crippen LogP contribution is -2.30. The molecule has 112 valence electrons. The van der Waals surface area contributed by atoms with E-state index in [2.05, 4.69) is 5.32 Å². The van der Waals surface area contributed by atoms with Crippen LogP contribution in [0.25, 0.3) is 0 Å². The van der Waals surface area contributed by atoms with Crippen LogP contribution in [0.1, 0.15) is 6.42 Å². The minimum atomic E-state index is -0.163. The molecule has 0 unspecified atom stereocenters. The molecule has 1 aromatic carbocycles. The van der Waals surface area contributed by atoms with Crippen molar-refractivity contribution in [2.45, 2.75) is 6.42 Å². The van der Waals surface area contributed by atoms with E-state index < -0.39 is 0 Å². The summed E-state index contributed by atoms with van der Waals surface area (Å²) in [7, 11) is 1.63. The second-order valence-electron chi connectivity index (χ2n) is 4.17. The number of carbonyl (C=O) groups excluding carboxylic acids is 1. The van der Waals surface area contributed by atoms with Gasteiger partial charge in [0, 0.05) is 32.0 Å². The number of nitrogens with two attached hydrogens (primary N) is 1. The van der Waals surface area contributed by atoms with Crippen LogP contribution in [0.4, 0.5) is 5.69 Å². The molecule has 1 rings (SSSR count). The molecule has 0 aliphatic carbocycles. The normalized spacial score (nSPS) is 10.2. The summed E-state index contributed by atoms with van der Waals surface area (Å²) >= 11 is 0. The van der Waals surface area contributed by atoms with E-state index in [4.69, 9.17) is 19.9 Å². The minimum Gasteiger partial charge on any atom is -0.484 e. The lowest BCUT2D eigenvalue weighted by Gasteiger charge is -2.08. The molecule has 20 heavy (non-hydrogen) atoms. The Hall–Kier alpha value is -1.79. The van der Waals surface area contributed by atoms with Gasteiger partial charge in [0.1, 0.15) is 5.75 Å². The number of hydrogen-bond donors (Lipinski definition) is 2. The number of benzene rings is 1. The van der Waals surface area contributed by atoms with Crippen LogP contribution < -0.4 is 15.8 Å². The molecule has 0 aliphatic heterocycles. The first kappa shape index (κ1) is 16.3. The van der Waals surface area contributed by atoms with Crippen molar-refractivity contribution in [2.24, 2.45) is 0 Å². The van der Waals surface area contributed by atoms with Crippen molar-refractivity contribution in [3.05, 3.63) is 24.3 Å². The summed E-state index contributed by atoms with van der Waals surface area (Å²) < 4.78 is 15.4. The number of methoxy groups -OCH3 is 1. The molecule has 0 radical (unpaired) electrons. The zero-order valence-corrected chi connectivity index (χ0v) is 11.8. The minimum absolute atomic E-state index is 0.0199. The van der Waals surface area contributed by atoms with Gasteiger partial charge in [-0.3, -0.25) is 4.79 Å². The largest absolute Gasteiger partial charge is 0.484 e. The fourth-order valence-corrected chi connectivity index (χ4v) is 1.45. The first-order chi connectivity index (χ1) is 9.72. The lowest BCUT2D eigenvalue weighted by atomic mass is 10.3. The standard InChI is InChI=1S/C14H22N2O4/c1-18-8-9-19-7-3-6-16-14(17)11-20-13-5-2-4-12(15)10-13/h2,4-5,10H,3,6-9,11,15H2,1H3,(H,16,17). The molecule has 0 fully saturated rings. The first-order valence-electron chi connectivity index (χ1n) is 6.54. The smallest absolute Gasteiger partial charge is 0.257 e. The number of carbonyl (C=O) groups is 1. The monoisotopic (exact) mass is 282 g/mol. The van der Waals surface area contributed by atoms with E-state index in [0.717, 1.165) is 6.42 Å². The summed E-state index contributed by atoms with van der Waals surface area (Å²) in [4.78, 5) is 11.5. The number of anilines is 1. The highest BCUT2D eigenvalue weighted by Gasteiger charge is 2.02. The van der Waals surface area contributed by atoms with Gasteiger partial charge in [0.25, 0.3) is 5.91 Å². The summed E-state index contributed by atoms with van der Waals surface area (Å²) in [6.07, 6.45) is 0.758. The maximum Gasteiger partial charge on any atom is 0.257 e. The Kier molecular flexibility index (Phi) is 8.17. The molecule has 0 heterocycles. The summed E-state index contributed by atoms with van der Waals surface area (Å²) in [5.41, 5.74) is 6.22. The van der Waals surface area contributed by atoms with E-state index in [9.17, 15) is 4.79 Å². The van der Waals surface area contributed by atoms with Crippen LogP contribution in [0.15, 0.2) is 24.3 Å². The number of hydrogen-bond acceptors (Lipinski definition) is 5. The van der Waals surface area contributed by atoms with Crippen LogP contribution in [-0.4, -0.2) is 46.0 Å². The third-order valence-corrected chi connectivity index (χ3v) is 2.45. The molecule has 1 aromatic rings. The van der Waals surface area contributed by atoms with E-state index in [1.54, 1.807) is 31.4 Å². The quantitative estimate of drug-likeness (QED) is 0.490. The second-order valence-corrected chi connectivity index (χ2v) is 4.17. The number of nitrogens with one attached hydrogen (secondary N) is 1. The van der Waals surface area contributed by atoms with Crippen LogP contribution in [-0.2, 0) is 14.3 Å². The van der Waals surface area contributed by atoms with Crippen molar-refractivity contribution in [1.29, 1.82) is 0 Å². The summed E-state index contributed by atoms with van der Waals surface area (Å²) in [6, 6.07) is 6.97. The van der Waals surface area contributed by atoms with Crippen molar-refractivity contribution in [3.63, 3.8) is 0 Å². The summed E-state index contributed by atoms with van der Waals surface area (Å²) in [6.45, 7) is 2.29. The zero-order valence-electron chi connectivity index (χ0n) is 11.8. The van der Waals surface area contributed by atoms with Gasteiger partial charge in [0.05, 0.1) is 13.2 Å². The van der Waals surface area contributed by atoms with Gasteiger partial charge in [-0.15, -0.1) is 0 Å². The molecule has 0 atom stereocenters. The van der Waals surface area contributed by atoms with Crippen LogP contribution >= 0.6 is 0 Å². The highest BCUT2D eigenvalue weighted by Crippen LogP contribution is 2.13. The Morgan fingerprint density at radius 3 is 2.90 bits per heavy atom. The Labute approximate surface area is 119 Å². The van der Waals surface area contributed by atoms with E-state index in [1.165, 1.54) is 0 Å². The molecule has 0 aromatic heterocycles. The fraction of sp³-hybridized carbons (Fsp3) is 0.500. The van der Waals surface area contributed by atoms with Crippen LogP contribution in [0, 0.1) is 0 Å². The molecule has 0 saturated carbocycles. The summed E-state index contributed by atoms with van der Waals surface area (Å²) in [5.74, 6) is 0.423. The number of rotatable bonds is 10. The molecule has 0 bridgehead atoms. The van der Waals surface area contributed by atoms with Crippen LogP contribution in [0.5, 0.6) is 5.75 Å². The van der Waals surface area contributed by atoms with Crippen LogP contribution in [0.2, 0.25) is 0 Å². The maximum atomic E-state index is 11.5. The Balaban J connectivity index is 2.03. The van der Waals surface area contributed by atoms with Gasteiger partial charge >= 0.3 is 0 Å². The average Bonchev–Trinajstić information content (AvgIpc) is 2.44. The van der Waals surface area contributed by atoms with E-state index in [0.29, 0.717) is 37.8 Å². The number of nitrogen functional groups attached to an aromatic ring is 1. The topological polar surface area (TPSA) is 82.8 Å². The van der Waals surface area contributed by atoms with Crippen molar-refractivity contribution in [3.8, 4) is 5.75 Å². The predicted molar refractivity (Wildman–Crippen MR) is 76.7 cm³/mol. The van der Waals surface area contributed by atoms with Gasteiger partial charge in [0.15, 0.2) is 6.61 Å². The van der Waals surface area contributed by atoms with Gasteiger partial charge in [-0.2, -0.15) is 0 Å². The van der Waals surface area contributed by atoms with Gasteiger partial charge in [-0.05, 0) is 18.6 Å². The molecule has 0 spiro atoms. The van der Waals surface area contributed by atoms with Crippen molar-refractivity contribution in [1.82, 2.24) is 5.32 Å².